The first-order chi connectivity index (χ1) is 15.4. The Bertz CT molecular complexity index is 927. The van der Waals surface area contributed by atoms with Gasteiger partial charge in [-0.2, -0.15) is 0 Å². The zero-order valence-corrected chi connectivity index (χ0v) is 20.3. The Kier molecular flexibility index (Phi) is 6.85. The molecule has 3 heteroatoms. The standard InChI is InChI=1S/C28H33NP2/c1-2-3-21-29(30-22-20-25-16-10-11-17-26(25)30)31-27(23-12-6-4-7-13-23)18-19-28(31)24-14-8-5-9-15-24/h4-17,27-28H,2-3,18-22H2,1H3. The average molecular weight is 446 g/mol. The smallest absolute Gasteiger partial charge is 0.0183 e. The molecule has 0 saturated carbocycles. The van der Waals surface area contributed by atoms with E-state index in [2.05, 4.69) is 96.3 Å². The Morgan fingerprint density at radius 3 is 1.97 bits per heavy atom. The van der Waals surface area contributed by atoms with Crippen LogP contribution in [-0.4, -0.2) is 17.1 Å². The summed E-state index contributed by atoms with van der Waals surface area (Å²) in [5.41, 5.74) is 6.12. The van der Waals surface area contributed by atoms with Crippen LogP contribution in [0.1, 0.15) is 60.6 Å². The average Bonchev–Trinajstić information content (AvgIpc) is 3.46. The van der Waals surface area contributed by atoms with E-state index in [9.17, 15) is 0 Å². The molecular weight excluding hydrogens is 412 g/mol. The quantitative estimate of drug-likeness (QED) is 0.333. The fraction of sp³-hybridized carbons (Fsp3) is 0.357. The third kappa shape index (κ3) is 4.39. The molecule has 31 heavy (non-hydrogen) atoms. The molecule has 3 atom stereocenters. The van der Waals surface area contributed by atoms with Crippen LogP contribution in [0.25, 0.3) is 0 Å². The molecule has 2 aliphatic rings. The van der Waals surface area contributed by atoms with Gasteiger partial charge in [0, 0.05) is 25.9 Å². The molecule has 3 aromatic carbocycles. The van der Waals surface area contributed by atoms with Crippen LogP contribution in [0, 0.1) is 0 Å². The fourth-order valence-electron chi connectivity index (χ4n) is 5.33. The lowest BCUT2D eigenvalue weighted by Gasteiger charge is -2.41. The minimum absolute atomic E-state index is 0.219. The van der Waals surface area contributed by atoms with Gasteiger partial charge in [-0.15, -0.1) is 0 Å². The van der Waals surface area contributed by atoms with E-state index in [0.29, 0.717) is 11.3 Å². The summed E-state index contributed by atoms with van der Waals surface area (Å²) in [5.74, 6) is 0. The molecule has 2 heterocycles. The summed E-state index contributed by atoms with van der Waals surface area (Å²) >= 11 is 0. The van der Waals surface area contributed by atoms with E-state index >= 15 is 0 Å². The molecule has 3 aromatic rings. The predicted molar refractivity (Wildman–Crippen MR) is 138 cm³/mol. The number of hydrogen-bond acceptors (Lipinski definition) is 1. The lowest BCUT2D eigenvalue weighted by atomic mass is 10.0. The van der Waals surface area contributed by atoms with E-state index in [1.165, 1.54) is 44.8 Å². The Morgan fingerprint density at radius 2 is 1.35 bits per heavy atom. The summed E-state index contributed by atoms with van der Waals surface area (Å²) in [6.07, 6.45) is 7.84. The maximum Gasteiger partial charge on any atom is 0.0183 e. The van der Waals surface area contributed by atoms with Gasteiger partial charge in [-0.25, -0.2) is 0 Å². The van der Waals surface area contributed by atoms with Gasteiger partial charge >= 0.3 is 0 Å². The highest BCUT2D eigenvalue weighted by atomic mass is 31.2. The van der Waals surface area contributed by atoms with Crippen LogP contribution in [0.15, 0.2) is 84.9 Å². The Labute approximate surface area is 190 Å². The summed E-state index contributed by atoms with van der Waals surface area (Å²) in [7, 11) is -0.492. The first kappa shape index (κ1) is 21.3. The van der Waals surface area contributed by atoms with Gasteiger partial charge in [0.25, 0.3) is 0 Å². The van der Waals surface area contributed by atoms with Crippen LogP contribution in [-0.2, 0) is 6.42 Å². The van der Waals surface area contributed by atoms with Crippen LogP contribution in [0.4, 0.5) is 0 Å². The Hall–Kier alpha value is -1.52. The molecule has 160 valence electrons. The first-order valence-corrected chi connectivity index (χ1v) is 14.8. The van der Waals surface area contributed by atoms with E-state index in [1.54, 1.807) is 22.0 Å². The van der Waals surface area contributed by atoms with Gasteiger partial charge in [-0.3, -0.25) is 4.44 Å². The van der Waals surface area contributed by atoms with Crippen molar-refractivity contribution in [2.45, 2.75) is 50.3 Å². The van der Waals surface area contributed by atoms with Crippen molar-refractivity contribution in [3.8, 4) is 0 Å². The third-order valence-corrected chi connectivity index (χ3v) is 13.6. The highest BCUT2D eigenvalue weighted by Gasteiger charge is 2.44. The van der Waals surface area contributed by atoms with Crippen LogP contribution in [0.3, 0.4) is 0 Å². The molecule has 1 saturated heterocycles. The highest BCUT2D eigenvalue weighted by molar-refractivity contribution is 7.75. The topological polar surface area (TPSA) is 3.24 Å². The van der Waals surface area contributed by atoms with Crippen molar-refractivity contribution in [3.05, 3.63) is 102 Å². The second kappa shape index (κ2) is 9.95. The van der Waals surface area contributed by atoms with Gasteiger partial charge in [0.05, 0.1) is 0 Å². The van der Waals surface area contributed by atoms with Gasteiger partial charge in [0.1, 0.15) is 0 Å². The van der Waals surface area contributed by atoms with Gasteiger partial charge in [-0.05, 0) is 61.9 Å². The molecule has 0 bridgehead atoms. The molecule has 0 radical (unpaired) electrons. The molecule has 3 unspecified atom stereocenters. The van der Waals surface area contributed by atoms with Crippen molar-refractivity contribution in [1.82, 2.24) is 4.44 Å². The SMILES string of the molecule is CCCCN(P1CCc2ccccc21)P1C(c2ccccc2)CCC1c1ccccc1. The summed E-state index contributed by atoms with van der Waals surface area (Å²) in [5, 5.41) is 1.67. The largest absolute Gasteiger partial charge is 0.255 e. The van der Waals surface area contributed by atoms with Gasteiger partial charge in [0.2, 0.25) is 0 Å². The number of aryl methyl sites for hydroxylation is 1. The second-order valence-electron chi connectivity index (χ2n) is 8.76. The van der Waals surface area contributed by atoms with E-state index in [1.807, 2.05) is 0 Å². The van der Waals surface area contributed by atoms with Crippen molar-refractivity contribution in [2.75, 3.05) is 12.7 Å². The van der Waals surface area contributed by atoms with Gasteiger partial charge in [0.15, 0.2) is 0 Å². The maximum absolute atomic E-state index is 3.07. The molecule has 0 aliphatic carbocycles. The zero-order chi connectivity index (χ0) is 21.0. The fourth-order valence-corrected chi connectivity index (χ4v) is 13.2. The van der Waals surface area contributed by atoms with Crippen LogP contribution in [0.2, 0.25) is 0 Å². The van der Waals surface area contributed by atoms with E-state index < -0.39 is 0 Å². The van der Waals surface area contributed by atoms with E-state index in [4.69, 9.17) is 0 Å². The first-order valence-electron chi connectivity index (χ1n) is 11.9. The van der Waals surface area contributed by atoms with Gasteiger partial charge < -0.3 is 0 Å². The monoisotopic (exact) mass is 445 g/mol. The molecule has 1 fully saturated rings. The van der Waals surface area contributed by atoms with Gasteiger partial charge in [-0.1, -0.05) is 98.3 Å². The third-order valence-electron chi connectivity index (χ3n) is 6.84. The minimum atomic E-state index is -0.273. The summed E-state index contributed by atoms with van der Waals surface area (Å²) in [6.45, 7) is 3.61. The van der Waals surface area contributed by atoms with Crippen molar-refractivity contribution in [2.24, 2.45) is 0 Å². The van der Waals surface area contributed by atoms with E-state index in [0.717, 1.165) is 0 Å². The highest BCUT2D eigenvalue weighted by Crippen LogP contribution is 2.76. The molecule has 0 spiro atoms. The number of hydrogen-bond donors (Lipinski definition) is 0. The minimum Gasteiger partial charge on any atom is -0.255 e. The summed E-state index contributed by atoms with van der Waals surface area (Å²) in [6, 6.07) is 32.2. The van der Waals surface area contributed by atoms with Crippen molar-refractivity contribution in [3.63, 3.8) is 0 Å². The van der Waals surface area contributed by atoms with Crippen LogP contribution >= 0.6 is 16.1 Å². The molecular formula is C28H33NP2. The predicted octanol–water partition coefficient (Wildman–Crippen LogP) is 8.04. The lowest BCUT2D eigenvalue weighted by Crippen LogP contribution is -2.22. The maximum atomic E-state index is 3.07. The summed E-state index contributed by atoms with van der Waals surface area (Å²) in [4.78, 5) is 0. The normalized spacial score (nSPS) is 25.1. The van der Waals surface area contributed by atoms with Crippen molar-refractivity contribution >= 4 is 21.4 Å². The molecule has 1 nitrogen and oxygen atoms in total. The van der Waals surface area contributed by atoms with Crippen LogP contribution in [0.5, 0.6) is 0 Å². The molecule has 0 aromatic heterocycles. The van der Waals surface area contributed by atoms with Crippen molar-refractivity contribution < 1.29 is 0 Å². The number of unbranched alkanes of at least 4 members (excludes halogenated alkanes) is 1. The Balaban J connectivity index is 1.57. The summed E-state index contributed by atoms with van der Waals surface area (Å²) < 4.78 is 3.07. The number of benzene rings is 3. The molecule has 5 rings (SSSR count). The van der Waals surface area contributed by atoms with E-state index in [-0.39, 0.29) is 16.1 Å². The number of rotatable bonds is 7. The number of nitrogens with zero attached hydrogens (tertiary/aromatic N) is 1. The zero-order valence-electron chi connectivity index (χ0n) is 18.5. The molecule has 0 amide bonds. The Morgan fingerprint density at radius 1 is 0.774 bits per heavy atom. The van der Waals surface area contributed by atoms with Crippen molar-refractivity contribution in [1.29, 1.82) is 0 Å². The molecule has 0 N–H and O–H groups in total. The lowest BCUT2D eigenvalue weighted by molar-refractivity contribution is 0.629. The molecule has 2 aliphatic heterocycles. The number of fused-ring (bicyclic) bond motifs is 1. The second-order valence-corrected chi connectivity index (χ2v) is 13.8. The van der Waals surface area contributed by atoms with Crippen LogP contribution < -0.4 is 5.30 Å².